The minimum absolute atomic E-state index is 0.202. The Morgan fingerprint density at radius 3 is 2.84 bits per heavy atom. The largest absolute Gasteiger partial charge is 0.311 e. The minimum atomic E-state index is -0.202. The number of aromatic nitrogens is 2. The Morgan fingerprint density at radius 1 is 1.37 bits per heavy atom. The molecule has 102 valence electrons. The summed E-state index contributed by atoms with van der Waals surface area (Å²) < 4.78 is 17.6. The van der Waals surface area contributed by atoms with Crippen LogP contribution in [0, 0.1) is 18.7 Å². The molecule has 0 saturated heterocycles. The Hall–Kier alpha value is -1.33. The van der Waals surface area contributed by atoms with Crippen molar-refractivity contribution >= 4 is 11.5 Å². The zero-order valence-electron chi connectivity index (χ0n) is 11.4. The van der Waals surface area contributed by atoms with Gasteiger partial charge in [0.25, 0.3) is 0 Å². The predicted molar refractivity (Wildman–Crippen MR) is 76.6 cm³/mol. The van der Waals surface area contributed by atoms with Crippen molar-refractivity contribution in [3.63, 3.8) is 0 Å². The van der Waals surface area contributed by atoms with Crippen LogP contribution in [-0.2, 0) is 6.54 Å². The van der Waals surface area contributed by atoms with E-state index in [4.69, 9.17) is 0 Å². The van der Waals surface area contributed by atoms with Gasteiger partial charge in [-0.3, -0.25) is 0 Å². The summed E-state index contributed by atoms with van der Waals surface area (Å²) in [7, 11) is 0. The molecule has 1 heterocycles. The molecule has 19 heavy (non-hydrogen) atoms. The average molecular weight is 279 g/mol. The number of halogens is 1. The third-order valence-corrected chi connectivity index (χ3v) is 3.56. The van der Waals surface area contributed by atoms with Gasteiger partial charge in [-0.1, -0.05) is 30.5 Å². The summed E-state index contributed by atoms with van der Waals surface area (Å²) >= 11 is 1.36. The smallest absolute Gasteiger partial charge is 0.126 e. The summed E-state index contributed by atoms with van der Waals surface area (Å²) in [6.07, 6.45) is 0. The molecule has 0 aliphatic carbocycles. The molecule has 1 aromatic heterocycles. The molecule has 0 unspecified atom stereocenters. The van der Waals surface area contributed by atoms with E-state index in [1.807, 2.05) is 6.07 Å². The van der Waals surface area contributed by atoms with Crippen molar-refractivity contribution in [2.24, 2.45) is 5.92 Å². The fourth-order valence-corrected chi connectivity index (χ4v) is 2.39. The molecule has 0 spiro atoms. The van der Waals surface area contributed by atoms with Gasteiger partial charge in [0.2, 0.25) is 0 Å². The summed E-state index contributed by atoms with van der Waals surface area (Å²) in [6, 6.07) is 5.19. The summed E-state index contributed by atoms with van der Waals surface area (Å²) in [6.45, 7) is 7.74. The number of nitrogens with one attached hydrogen (secondary N) is 1. The third kappa shape index (κ3) is 3.58. The van der Waals surface area contributed by atoms with Gasteiger partial charge in [0.15, 0.2) is 0 Å². The zero-order valence-corrected chi connectivity index (χ0v) is 12.2. The van der Waals surface area contributed by atoms with E-state index in [0.29, 0.717) is 11.5 Å². The molecule has 1 N–H and O–H groups in total. The van der Waals surface area contributed by atoms with Crippen molar-refractivity contribution in [3.05, 3.63) is 34.5 Å². The Morgan fingerprint density at radius 2 is 2.16 bits per heavy atom. The van der Waals surface area contributed by atoms with Gasteiger partial charge in [-0.05, 0) is 42.5 Å². The first-order valence-electron chi connectivity index (χ1n) is 6.36. The van der Waals surface area contributed by atoms with E-state index in [-0.39, 0.29) is 5.82 Å². The van der Waals surface area contributed by atoms with Crippen LogP contribution in [0.5, 0.6) is 0 Å². The Labute approximate surface area is 117 Å². The van der Waals surface area contributed by atoms with Gasteiger partial charge in [-0.25, -0.2) is 4.39 Å². The molecule has 5 heteroatoms. The van der Waals surface area contributed by atoms with Gasteiger partial charge in [0.1, 0.15) is 11.5 Å². The molecule has 2 rings (SSSR count). The molecule has 0 radical (unpaired) electrons. The Kier molecular flexibility index (Phi) is 4.61. The van der Waals surface area contributed by atoms with Crippen molar-refractivity contribution in [2.45, 2.75) is 27.3 Å². The molecule has 0 aliphatic rings. The number of benzene rings is 1. The fourth-order valence-electron chi connectivity index (χ4n) is 1.76. The van der Waals surface area contributed by atoms with E-state index in [2.05, 4.69) is 28.8 Å². The highest BCUT2D eigenvalue weighted by molar-refractivity contribution is 7.05. The Balaban J connectivity index is 2.16. The second-order valence-corrected chi connectivity index (χ2v) is 5.87. The number of hydrogen-bond acceptors (Lipinski definition) is 4. The summed E-state index contributed by atoms with van der Waals surface area (Å²) in [5, 5.41) is 7.48. The second kappa shape index (κ2) is 6.21. The van der Waals surface area contributed by atoms with Crippen LogP contribution in [0.3, 0.4) is 0 Å². The lowest BCUT2D eigenvalue weighted by molar-refractivity contribution is 0.555. The second-order valence-electron chi connectivity index (χ2n) is 5.03. The molecule has 1 aromatic carbocycles. The summed E-state index contributed by atoms with van der Waals surface area (Å²) in [5.74, 6) is 0.396. The van der Waals surface area contributed by atoms with Crippen molar-refractivity contribution in [3.8, 4) is 11.3 Å². The van der Waals surface area contributed by atoms with E-state index in [1.54, 1.807) is 13.0 Å². The highest BCUT2D eigenvalue weighted by Crippen LogP contribution is 2.25. The molecule has 0 fully saturated rings. The van der Waals surface area contributed by atoms with Crippen LogP contribution in [0.2, 0.25) is 0 Å². The van der Waals surface area contributed by atoms with E-state index in [0.717, 1.165) is 29.2 Å². The van der Waals surface area contributed by atoms with Crippen LogP contribution < -0.4 is 5.32 Å². The van der Waals surface area contributed by atoms with Crippen LogP contribution in [-0.4, -0.2) is 16.1 Å². The first-order valence-corrected chi connectivity index (χ1v) is 7.13. The highest BCUT2D eigenvalue weighted by atomic mass is 32.1. The standard InChI is InChI=1S/C14H18FN3S/c1-9(2)7-16-8-13-14(17-18-19-13)11-5-4-10(3)12(15)6-11/h4-6,9,16H,7-8H2,1-3H3. The molecule has 0 bridgehead atoms. The van der Waals surface area contributed by atoms with Crippen LogP contribution in [0.15, 0.2) is 18.2 Å². The summed E-state index contributed by atoms with van der Waals surface area (Å²) in [4.78, 5) is 1.05. The topological polar surface area (TPSA) is 37.8 Å². The molecule has 0 amide bonds. The SMILES string of the molecule is Cc1ccc(-c2nnsc2CNCC(C)C)cc1F. The maximum atomic E-state index is 13.6. The molecular formula is C14H18FN3S. The Bertz CT molecular complexity index is 551. The monoisotopic (exact) mass is 279 g/mol. The van der Waals surface area contributed by atoms with Gasteiger partial charge in [0, 0.05) is 12.1 Å². The average Bonchev–Trinajstić information content (AvgIpc) is 2.80. The van der Waals surface area contributed by atoms with E-state index in [9.17, 15) is 4.39 Å². The normalized spacial score (nSPS) is 11.2. The maximum Gasteiger partial charge on any atom is 0.126 e. The van der Waals surface area contributed by atoms with Gasteiger partial charge >= 0.3 is 0 Å². The maximum absolute atomic E-state index is 13.6. The number of rotatable bonds is 5. The van der Waals surface area contributed by atoms with Crippen molar-refractivity contribution in [1.29, 1.82) is 0 Å². The zero-order chi connectivity index (χ0) is 13.8. The number of nitrogens with zero attached hydrogens (tertiary/aromatic N) is 2. The quantitative estimate of drug-likeness (QED) is 0.911. The van der Waals surface area contributed by atoms with Crippen LogP contribution in [0.1, 0.15) is 24.3 Å². The first kappa shape index (κ1) is 14.1. The molecular weight excluding hydrogens is 261 g/mol. The van der Waals surface area contributed by atoms with Gasteiger partial charge in [0.05, 0.1) is 4.88 Å². The lowest BCUT2D eigenvalue weighted by Crippen LogP contribution is -2.18. The molecule has 0 aliphatic heterocycles. The lowest BCUT2D eigenvalue weighted by Gasteiger charge is -2.07. The van der Waals surface area contributed by atoms with E-state index < -0.39 is 0 Å². The summed E-state index contributed by atoms with van der Waals surface area (Å²) in [5.41, 5.74) is 2.21. The molecule has 3 nitrogen and oxygen atoms in total. The highest BCUT2D eigenvalue weighted by Gasteiger charge is 2.11. The van der Waals surface area contributed by atoms with Crippen LogP contribution in [0.25, 0.3) is 11.3 Å². The number of aryl methyl sites for hydroxylation is 1. The van der Waals surface area contributed by atoms with Crippen molar-refractivity contribution in [2.75, 3.05) is 6.54 Å². The fraction of sp³-hybridized carbons (Fsp3) is 0.429. The third-order valence-electron chi connectivity index (χ3n) is 2.84. The van der Waals surface area contributed by atoms with Gasteiger partial charge < -0.3 is 5.32 Å². The van der Waals surface area contributed by atoms with Crippen LogP contribution >= 0.6 is 11.5 Å². The minimum Gasteiger partial charge on any atom is -0.311 e. The number of hydrogen-bond donors (Lipinski definition) is 1. The van der Waals surface area contributed by atoms with Gasteiger partial charge in [-0.2, -0.15) is 0 Å². The predicted octanol–water partition coefficient (Wildman–Crippen LogP) is 3.40. The lowest BCUT2D eigenvalue weighted by atomic mass is 10.1. The van der Waals surface area contributed by atoms with Gasteiger partial charge in [-0.15, -0.1) is 5.10 Å². The molecule has 0 saturated carbocycles. The van der Waals surface area contributed by atoms with E-state index >= 15 is 0 Å². The van der Waals surface area contributed by atoms with Crippen molar-refractivity contribution < 1.29 is 4.39 Å². The first-order chi connectivity index (χ1) is 9.08. The molecule has 2 aromatic rings. The molecule has 0 atom stereocenters. The van der Waals surface area contributed by atoms with E-state index in [1.165, 1.54) is 17.6 Å². The van der Waals surface area contributed by atoms with Crippen molar-refractivity contribution in [1.82, 2.24) is 14.9 Å². The van der Waals surface area contributed by atoms with Crippen LogP contribution in [0.4, 0.5) is 4.39 Å².